The van der Waals surface area contributed by atoms with Crippen molar-refractivity contribution >= 4 is 27.5 Å². The third kappa shape index (κ3) is 4.23. The molecule has 144 valence electrons. The molecule has 29 heavy (non-hydrogen) atoms. The molecule has 8 nitrogen and oxygen atoms in total. The minimum Gasteiger partial charge on any atom is -0.493 e. The highest BCUT2D eigenvalue weighted by Crippen LogP contribution is 2.32. The van der Waals surface area contributed by atoms with E-state index in [1.165, 1.54) is 17.7 Å². The lowest BCUT2D eigenvalue weighted by Gasteiger charge is -2.12. The van der Waals surface area contributed by atoms with Gasteiger partial charge in [-0.25, -0.2) is 19.9 Å². The highest BCUT2D eigenvalue weighted by molar-refractivity contribution is 7.16. The van der Waals surface area contributed by atoms with Crippen LogP contribution in [0.25, 0.3) is 10.3 Å². The van der Waals surface area contributed by atoms with Crippen molar-refractivity contribution in [2.45, 2.75) is 6.42 Å². The van der Waals surface area contributed by atoms with Gasteiger partial charge in [-0.15, -0.1) is 11.3 Å². The summed E-state index contributed by atoms with van der Waals surface area (Å²) < 4.78 is 11.2. The maximum Gasteiger partial charge on any atom is 0.220 e. The number of benzene rings is 1. The van der Waals surface area contributed by atoms with Crippen molar-refractivity contribution in [2.24, 2.45) is 0 Å². The van der Waals surface area contributed by atoms with E-state index in [9.17, 15) is 0 Å². The Kier molecular flexibility index (Phi) is 5.45. The Morgan fingerprint density at radius 3 is 2.93 bits per heavy atom. The second kappa shape index (κ2) is 8.50. The van der Waals surface area contributed by atoms with Gasteiger partial charge in [0.05, 0.1) is 12.6 Å². The van der Waals surface area contributed by atoms with Gasteiger partial charge in [-0.3, -0.25) is 0 Å². The number of fused-ring (bicyclic) bond motifs is 1. The molecule has 0 radical (unpaired) electrons. The van der Waals surface area contributed by atoms with Crippen LogP contribution in [-0.4, -0.2) is 33.6 Å². The zero-order chi connectivity index (χ0) is 20.1. The van der Waals surface area contributed by atoms with E-state index in [2.05, 4.69) is 25.3 Å². The van der Waals surface area contributed by atoms with Crippen molar-refractivity contribution in [2.75, 3.05) is 19.0 Å². The van der Waals surface area contributed by atoms with Crippen molar-refractivity contribution in [1.82, 2.24) is 19.9 Å². The summed E-state index contributed by atoms with van der Waals surface area (Å²) in [6, 6.07) is 12.7. The van der Waals surface area contributed by atoms with Crippen LogP contribution in [0.2, 0.25) is 0 Å². The molecule has 0 unspecified atom stereocenters. The van der Waals surface area contributed by atoms with Gasteiger partial charge in [0, 0.05) is 12.6 Å². The Bertz CT molecular complexity index is 1190. The highest BCUT2D eigenvalue weighted by atomic mass is 32.1. The molecule has 4 rings (SSSR count). The van der Waals surface area contributed by atoms with E-state index in [0.717, 1.165) is 28.1 Å². The number of thiazole rings is 1. The van der Waals surface area contributed by atoms with Crippen LogP contribution in [0.5, 0.6) is 17.4 Å². The number of hydrogen-bond donors (Lipinski definition) is 1. The first-order chi connectivity index (χ1) is 14.3. The van der Waals surface area contributed by atoms with Crippen molar-refractivity contribution in [1.29, 1.82) is 5.26 Å². The van der Waals surface area contributed by atoms with Gasteiger partial charge in [-0.05, 0) is 30.2 Å². The van der Waals surface area contributed by atoms with E-state index in [4.69, 9.17) is 14.7 Å². The molecule has 0 bridgehead atoms. The van der Waals surface area contributed by atoms with Gasteiger partial charge in [-0.1, -0.05) is 12.1 Å². The number of methoxy groups -OCH3 is 1. The lowest BCUT2D eigenvalue weighted by atomic mass is 10.1. The summed E-state index contributed by atoms with van der Waals surface area (Å²) in [7, 11) is 1.59. The lowest BCUT2D eigenvalue weighted by Crippen LogP contribution is -2.07. The maximum atomic E-state index is 8.97. The van der Waals surface area contributed by atoms with E-state index in [1.807, 2.05) is 24.3 Å². The molecule has 1 N–H and O–H groups in total. The van der Waals surface area contributed by atoms with Crippen LogP contribution >= 0.6 is 11.3 Å². The average Bonchev–Trinajstić information content (AvgIpc) is 3.24. The van der Waals surface area contributed by atoms with Crippen LogP contribution in [0, 0.1) is 11.3 Å². The zero-order valence-corrected chi connectivity index (χ0v) is 16.3. The predicted octanol–water partition coefficient (Wildman–Crippen LogP) is 3.81. The van der Waals surface area contributed by atoms with Gasteiger partial charge in [0.1, 0.15) is 28.4 Å². The van der Waals surface area contributed by atoms with E-state index in [-0.39, 0.29) is 0 Å². The molecule has 0 amide bonds. The monoisotopic (exact) mass is 404 g/mol. The largest absolute Gasteiger partial charge is 0.493 e. The first kappa shape index (κ1) is 18.6. The van der Waals surface area contributed by atoms with Gasteiger partial charge in [0.25, 0.3) is 0 Å². The highest BCUT2D eigenvalue weighted by Gasteiger charge is 2.10. The van der Waals surface area contributed by atoms with Crippen LogP contribution in [0.1, 0.15) is 11.3 Å². The molecule has 3 aromatic heterocycles. The Hall–Kier alpha value is -3.77. The van der Waals surface area contributed by atoms with Gasteiger partial charge in [0.15, 0.2) is 17.3 Å². The van der Waals surface area contributed by atoms with Crippen LogP contribution in [0.15, 0.2) is 48.2 Å². The van der Waals surface area contributed by atoms with E-state index >= 15 is 0 Å². The molecule has 0 spiro atoms. The number of anilines is 1. The number of hydrogen-bond acceptors (Lipinski definition) is 9. The summed E-state index contributed by atoms with van der Waals surface area (Å²) in [6.07, 6.45) is 2.29. The Balaban J connectivity index is 1.43. The Morgan fingerprint density at radius 1 is 1.14 bits per heavy atom. The molecule has 3 heterocycles. The fourth-order valence-electron chi connectivity index (χ4n) is 2.75. The number of nitrogens with zero attached hydrogens (tertiary/aromatic N) is 5. The van der Waals surface area contributed by atoms with Crippen LogP contribution in [0.4, 0.5) is 5.82 Å². The molecule has 4 aromatic rings. The summed E-state index contributed by atoms with van der Waals surface area (Å²) >= 11 is 1.49. The van der Waals surface area contributed by atoms with Crippen molar-refractivity contribution in [3.63, 3.8) is 0 Å². The average molecular weight is 404 g/mol. The third-order valence-corrected chi connectivity index (χ3v) is 4.85. The van der Waals surface area contributed by atoms with E-state index < -0.39 is 0 Å². The fourth-order valence-corrected chi connectivity index (χ4v) is 3.37. The molecule has 0 saturated heterocycles. The summed E-state index contributed by atoms with van der Waals surface area (Å²) in [5.74, 6) is 2.20. The van der Waals surface area contributed by atoms with Crippen molar-refractivity contribution in [3.05, 3.63) is 59.5 Å². The molecule has 0 saturated carbocycles. The molecule has 0 aliphatic heterocycles. The van der Waals surface area contributed by atoms with Gasteiger partial charge in [-0.2, -0.15) is 5.26 Å². The summed E-state index contributed by atoms with van der Waals surface area (Å²) in [5.41, 5.74) is 3.91. The first-order valence-corrected chi connectivity index (χ1v) is 9.65. The molecule has 0 aliphatic rings. The van der Waals surface area contributed by atoms with Crippen molar-refractivity contribution < 1.29 is 9.47 Å². The Morgan fingerprint density at radius 2 is 2.07 bits per heavy atom. The number of nitrogens with one attached hydrogen (secondary N) is 1. The molecule has 0 atom stereocenters. The minimum absolute atomic E-state index is 0.295. The van der Waals surface area contributed by atoms with Gasteiger partial charge < -0.3 is 14.8 Å². The molecule has 0 fully saturated rings. The fraction of sp³-hybridized carbons (Fsp3) is 0.150. The van der Waals surface area contributed by atoms with Crippen LogP contribution in [0.3, 0.4) is 0 Å². The van der Waals surface area contributed by atoms with Crippen molar-refractivity contribution in [3.8, 4) is 23.4 Å². The molecular weight excluding hydrogens is 388 g/mol. The number of aromatic nitrogens is 4. The second-order valence-corrected chi connectivity index (χ2v) is 6.80. The molecule has 0 aliphatic carbocycles. The quantitative estimate of drug-likeness (QED) is 0.496. The first-order valence-electron chi connectivity index (χ1n) is 8.77. The van der Waals surface area contributed by atoms with Crippen LogP contribution < -0.4 is 14.8 Å². The molecule has 9 heteroatoms. The Labute approximate surface area is 170 Å². The third-order valence-electron chi connectivity index (χ3n) is 4.12. The number of pyridine rings is 1. The van der Waals surface area contributed by atoms with E-state index in [1.54, 1.807) is 30.8 Å². The standard InChI is InChI=1S/C20H16N6O2S/c1-27-16-9-13(5-6-15(16)28-17-4-2-3-14(10-21)26-17)7-8-22-19-18-20(24-11-23-19)29-12-25-18/h2-6,9,11-12H,7-8H2,1H3,(H,22,23,24). The maximum absolute atomic E-state index is 8.97. The number of rotatable bonds is 7. The van der Waals surface area contributed by atoms with E-state index in [0.29, 0.717) is 29.6 Å². The smallest absolute Gasteiger partial charge is 0.220 e. The second-order valence-electron chi connectivity index (χ2n) is 5.97. The van der Waals surface area contributed by atoms with Crippen LogP contribution in [-0.2, 0) is 6.42 Å². The molecular formula is C20H16N6O2S. The zero-order valence-electron chi connectivity index (χ0n) is 15.5. The topological polar surface area (TPSA) is 106 Å². The predicted molar refractivity (Wildman–Crippen MR) is 109 cm³/mol. The van der Waals surface area contributed by atoms with Gasteiger partial charge in [0.2, 0.25) is 5.88 Å². The van der Waals surface area contributed by atoms with Gasteiger partial charge >= 0.3 is 0 Å². The minimum atomic E-state index is 0.295. The lowest BCUT2D eigenvalue weighted by molar-refractivity contribution is 0.373. The SMILES string of the molecule is COc1cc(CCNc2ncnc3scnc23)ccc1Oc1cccc(C#N)n1. The summed E-state index contributed by atoms with van der Waals surface area (Å²) in [5, 5.41) is 12.3. The molecule has 1 aromatic carbocycles. The number of nitriles is 1. The normalized spacial score (nSPS) is 10.5. The summed E-state index contributed by atoms with van der Waals surface area (Å²) in [6.45, 7) is 0.679. The summed E-state index contributed by atoms with van der Waals surface area (Å²) in [4.78, 5) is 17.8. The number of ether oxygens (including phenoxy) is 2.